The number of carbonyl (C=O) groups is 2. The van der Waals surface area contributed by atoms with Crippen LogP contribution in [0.1, 0.15) is 43.6 Å². The third-order valence-corrected chi connectivity index (χ3v) is 6.41. The molecule has 2 aromatic heterocycles. The molecule has 212 valence electrons. The molecule has 9 nitrogen and oxygen atoms in total. The van der Waals surface area contributed by atoms with E-state index in [0.29, 0.717) is 28.4 Å². The van der Waals surface area contributed by atoms with Gasteiger partial charge in [-0.15, -0.1) is 0 Å². The van der Waals surface area contributed by atoms with Crippen LogP contribution in [0.3, 0.4) is 0 Å². The highest BCUT2D eigenvalue weighted by Crippen LogP contribution is 2.28. The van der Waals surface area contributed by atoms with Crippen molar-refractivity contribution in [2.45, 2.75) is 20.5 Å². The van der Waals surface area contributed by atoms with Crippen molar-refractivity contribution in [1.29, 1.82) is 0 Å². The summed E-state index contributed by atoms with van der Waals surface area (Å²) in [6.45, 7) is 4.29. The zero-order chi connectivity index (χ0) is 29.5. The molecular formula is C33H29N3O6. The van der Waals surface area contributed by atoms with Crippen LogP contribution in [0, 0.1) is 13.8 Å². The lowest BCUT2D eigenvalue weighted by atomic mass is 10.2. The molecule has 0 aliphatic carbocycles. The van der Waals surface area contributed by atoms with E-state index >= 15 is 0 Å². The zero-order valence-corrected chi connectivity index (χ0v) is 23.4. The van der Waals surface area contributed by atoms with Crippen LogP contribution in [0.2, 0.25) is 0 Å². The monoisotopic (exact) mass is 563 g/mol. The normalized spacial score (nSPS) is 10.9. The van der Waals surface area contributed by atoms with Crippen LogP contribution in [0.15, 0.2) is 107 Å². The number of carbonyl (C=O) groups excluding carboxylic acids is 2. The number of aromatic nitrogens is 1. The highest BCUT2D eigenvalue weighted by Gasteiger charge is 2.14. The number of nitrogens with one attached hydrogen (secondary N) is 1. The van der Waals surface area contributed by atoms with E-state index < -0.39 is 11.9 Å². The minimum atomic E-state index is -0.514. The Hall–Kier alpha value is -5.57. The molecule has 3 aromatic carbocycles. The van der Waals surface area contributed by atoms with E-state index in [1.807, 2.05) is 30.3 Å². The first kappa shape index (κ1) is 28.0. The van der Waals surface area contributed by atoms with Crippen molar-refractivity contribution < 1.29 is 28.2 Å². The minimum absolute atomic E-state index is 0.0976. The van der Waals surface area contributed by atoms with E-state index in [2.05, 4.69) is 41.1 Å². The van der Waals surface area contributed by atoms with Crippen LogP contribution in [-0.2, 0) is 6.61 Å². The molecule has 0 radical (unpaired) electrons. The molecule has 0 aliphatic rings. The maximum Gasteiger partial charge on any atom is 0.343 e. The number of benzene rings is 3. The maximum atomic E-state index is 12.5. The van der Waals surface area contributed by atoms with Crippen molar-refractivity contribution >= 4 is 18.1 Å². The summed E-state index contributed by atoms with van der Waals surface area (Å²) in [5.41, 5.74) is 6.85. The fourth-order valence-electron chi connectivity index (χ4n) is 4.30. The number of furan rings is 1. The molecule has 5 rings (SSSR count). The molecule has 5 aromatic rings. The van der Waals surface area contributed by atoms with Gasteiger partial charge in [0.25, 0.3) is 0 Å². The van der Waals surface area contributed by atoms with Crippen molar-refractivity contribution in [3.05, 3.63) is 131 Å². The summed E-state index contributed by atoms with van der Waals surface area (Å²) in [5.74, 6) is 0.872. The number of hydrazone groups is 1. The van der Waals surface area contributed by atoms with E-state index in [-0.39, 0.29) is 18.1 Å². The molecule has 42 heavy (non-hydrogen) atoms. The number of ether oxygens (including phenoxy) is 3. The lowest BCUT2D eigenvalue weighted by Gasteiger charge is -2.10. The lowest BCUT2D eigenvalue weighted by molar-refractivity contribution is 0.0729. The van der Waals surface area contributed by atoms with E-state index in [9.17, 15) is 9.59 Å². The van der Waals surface area contributed by atoms with E-state index in [1.165, 1.54) is 13.3 Å². The first-order chi connectivity index (χ1) is 20.4. The number of hydrogen-bond donors (Lipinski definition) is 1. The molecule has 0 atom stereocenters. The predicted molar refractivity (Wildman–Crippen MR) is 158 cm³/mol. The quantitative estimate of drug-likeness (QED) is 0.0931. The van der Waals surface area contributed by atoms with Crippen LogP contribution < -0.4 is 19.6 Å². The maximum absolute atomic E-state index is 12.5. The number of amides is 1. The highest BCUT2D eigenvalue weighted by atomic mass is 16.6. The molecule has 0 saturated carbocycles. The smallest absolute Gasteiger partial charge is 0.343 e. The predicted octanol–water partition coefficient (Wildman–Crippen LogP) is 6.26. The van der Waals surface area contributed by atoms with Gasteiger partial charge in [-0.25, -0.2) is 10.2 Å². The Morgan fingerprint density at radius 2 is 1.62 bits per heavy atom. The van der Waals surface area contributed by atoms with Gasteiger partial charge in [-0.1, -0.05) is 18.2 Å². The topological polar surface area (TPSA) is 104 Å². The summed E-state index contributed by atoms with van der Waals surface area (Å²) in [4.78, 5) is 24.9. The van der Waals surface area contributed by atoms with Gasteiger partial charge in [0.2, 0.25) is 0 Å². The third kappa shape index (κ3) is 6.59. The van der Waals surface area contributed by atoms with E-state index in [4.69, 9.17) is 18.6 Å². The highest BCUT2D eigenvalue weighted by molar-refractivity contribution is 5.93. The van der Waals surface area contributed by atoms with Gasteiger partial charge < -0.3 is 23.2 Å². The average molecular weight is 564 g/mol. The molecule has 1 N–H and O–H groups in total. The summed E-state index contributed by atoms with van der Waals surface area (Å²) >= 11 is 0. The van der Waals surface area contributed by atoms with Gasteiger partial charge in [0.15, 0.2) is 17.3 Å². The van der Waals surface area contributed by atoms with Crippen molar-refractivity contribution in [2.75, 3.05) is 7.11 Å². The van der Waals surface area contributed by atoms with Crippen LogP contribution in [0.4, 0.5) is 0 Å². The van der Waals surface area contributed by atoms with Gasteiger partial charge in [0.05, 0.1) is 18.9 Å². The molecule has 0 fully saturated rings. The van der Waals surface area contributed by atoms with Gasteiger partial charge in [0.1, 0.15) is 18.1 Å². The average Bonchev–Trinajstić information content (AvgIpc) is 3.63. The number of methoxy groups -OCH3 is 1. The van der Waals surface area contributed by atoms with E-state index in [0.717, 1.165) is 17.1 Å². The number of nitrogens with zero attached hydrogens (tertiary/aromatic N) is 2. The fraction of sp³-hybridized carbons (Fsp3) is 0.121. The molecule has 2 heterocycles. The van der Waals surface area contributed by atoms with Crippen molar-refractivity contribution in [3.63, 3.8) is 0 Å². The second kappa shape index (κ2) is 12.7. The van der Waals surface area contributed by atoms with Crippen LogP contribution in [0.5, 0.6) is 17.2 Å². The molecule has 0 unspecified atom stereocenters. The van der Waals surface area contributed by atoms with Gasteiger partial charge >= 0.3 is 11.9 Å². The van der Waals surface area contributed by atoms with E-state index in [1.54, 1.807) is 54.6 Å². The van der Waals surface area contributed by atoms with Crippen LogP contribution in [-0.4, -0.2) is 29.8 Å². The van der Waals surface area contributed by atoms with Gasteiger partial charge in [-0.2, -0.15) is 5.10 Å². The zero-order valence-electron chi connectivity index (χ0n) is 23.4. The minimum Gasteiger partial charge on any atom is -0.493 e. The Kier molecular flexibility index (Phi) is 8.48. The van der Waals surface area contributed by atoms with Crippen LogP contribution in [0.25, 0.3) is 5.69 Å². The Morgan fingerprint density at radius 3 is 2.33 bits per heavy atom. The Balaban J connectivity index is 1.13. The second-order valence-corrected chi connectivity index (χ2v) is 9.37. The third-order valence-electron chi connectivity index (χ3n) is 6.41. The lowest BCUT2D eigenvalue weighted by Crippen LogP contribution is -2.16. The Morgan fingerprint density at radius 1 is 0.881 bits per heavy atom. The number of hydrogen-bond acceptors (Lipinski definition) is 7. The molecule has 0 aliphatic heterocycles. The summed E-state index contributed by atoms with van der Waals surface area (Å²) in [5, 5.41) is 3.99. The Bertz CT molecular complexity index is 1700. The van der Waals surface area contributed by atoms with Gasteiger partial charge in [-0.3, -0.25) is 4.79 Å². The summed E-state index contributed by atoms with van der Waals surface area (Å²) in [6, 6.07) is 28.8. The summed E-state index contributed by atoms with van der Waals surface area (Å²) in [7, 11) is 1.47. The number of rotatable bonds is 10. The second-order valence-electron chi connectivity index (χ2n) is 9.37. The SMILES string of the molecule is COc1cc(/C=N/NC(=O)c2ccc(COc3ccc(-n4c(C)ccc4C)cc3)o2)ccc1OC(=O)c1ccccc1. The molecular weight excluding hydrogens is 534 g/mol. The summed E-state index contributed by atoms with van der Waals surface area (Å²) in [6.07, 6.45) is 1.44. The molecule has 0 spiro atoms. The molecule has 1 amide bonds. The molecule has 0 bridgehead atoms. The number of aryl methyl sites for hydroxylation is 2. The van der Waals surface area contributed by atoms with Crippen LogP contribution >= 0.6 is 0 Å². The molecule has 9 heteroatoms. The Labute approximate surface area is 243 Å². The van der Waals surface area contributed by atoms with Crippen molar-refractivity contribution in [1.82, 2.24) is 9.99 Å². The first-order valence-corrected chi connectivity index (χ1v) is 13.2. The van der Waals surface area contributed by atoms with Crippen molar-refractivity contribution in [3.8, 4) is 22.9 Å². The standard InChI is InChI=1S/C33H29N3O6/c1-22-9-10-23(2)36(22)26-12-14-27(15-13-26)40-21-28-16-18-30(41-28)32(37)35-34-20-24-11-17-29(31(19-24)39-3)42-33(38)25-7-5-4-6-8-25/h4-20H,21H2,1-3H3,(H,35,37)/b34-20+. The summed E-state index contributed by atoms with van der Waals surface area (Å²) < 4.78 is 24.4. The van der Waals surface area contributed by atoms with Gasteiger partial charge in [-0.05, 0) is 98.3 Å². The molecule has 0 saturated heterocycles. The van der Waals surface area contributed by atoms with Gasteiger partial charge in [0, 0.05) is 17.1 Å². The fourth-order valence-corrected chi connectivity index (χ4v) is 4.30. The first-order valence-electron chi connectivity index (χ1n) is 13.2. The number of esters is 1. The largest absolute Gasteiger partial charge is 0.493 e. The van der Waals surface area contributed by atoms with Crippen molar-refractivity contribution in [2.24, 2.45) is 5.10 Å².